The quantitative estimate of drug-likeness (QED) is 0.683. The molecule has 0 heterocycles. The molecule has 0 fully saturated rings. The minimum absolute atomic E-state index is 0.0703. The summed E-state index contributed by atoms with van der Waals surface area (Å²) in [6.07, 6.45) is -2.05. The Bertz CT molecular complexity index is 409. The summed E-state index contributed by atoms with van der Waals surface area (Å²) in [4.78, 5) is 10.9. The Morgan fingerprint density at radius 3 is 2.75 bits per heavy atom. The van der Waals surface area contributed by atoms with Gasteiger partial charge in [-0.05, 0) is 28.1 Å². The SMILES string of the molecule is COC(=O)C(O)Cc1c(F)ccc(Br)c1F. The Morgan fingerprint density at radius 1 is 1.56 bits per heavy atom. The van der Waals surface area contributed by atoms with Crippen LogP contribution in [-0.2, 0) is 16.0 Å². The van der Waals surface area contributed by atoms with Crippen LogP contribution < -0.4 is 0 Å². The molecular weight excluding hydrogens is 286 g/mol. The maximum Gasteiger partial charge on any atom is 0.335 e. The molecule has 1 N–H and O–H groups in total. The minimum Gasteiger partial charge on any atom is -0.467 e. The molecule has 0 aromatic heterocycles. The fourth-order valence-corrected chi connectivity index (χ4v) is 1.54. The third-order valence-electron chi connectivity index (χ3n) is 2.01. The molecule has 0 radical (unpaired) electrons. The Morgan fingerprint density at radius 2 is 2.19 bits per heavy atom. The van der Waals surface area contributed by atoms with Gasteiger partial charge in [0.05, 0.1) is 11.6 Å². The Hall–Kier alpha value is -1.01. The van der Waals surface area contributed by atoms with Gasteiger partial charge >= 0.3 is 5.97 Å². The predicted octanol–water partition coefficient (Wildman–Crippen LogP) is 1.80. The number of carbonyl (C=O) groups is 1. The molecule has 0 spiro atoms. The molecular formula is C10H9BrF2O3. The van der Waals surface area contributed by atoms with Crippen molar-refractivity contribution in [1.29, 1.82) is 0 Å². The van der Waals surface area contributed by atoms with Crippen molar-refractivity contribution in [3.63, 3.8) is 0 Å². The summed E-state index contributed by atoms with van der Waals surface area (Å²) in [6, 6.07) is 2.26. The van der Waals surface area contributed by atoms with Crippen molar-refractivity contribution >= 4 is 21.9 Å². The van der Waals surface area contributed by atoms with Gasteiger partial charge < -0.3 is 9.84 Å². The number of halogens is 3. The number of benzene rings is 1. The smallest absolute Gasteiger partial charge is 0.335 e. The topological polar surface area (TPSA) is 46.5 Å². The van der Waals surface area contributed by atoms with Crippen LogP contribution >= 0.6 is 15.9 Å². The maximum absolute atomic E-state index is 13.4. The second-order valence-corrected chi connectivity index (χ2v) is 3.92. The summed E-state index contributed by atoms with van der Waals surface area (Å²) in [6.45, 7) is 0. The number of ether oxygens (including phenoxy) is 1. The largest absolute Gasteiger partial charge is 0.467 e. The number of carbonyl (C=O) groups excluding carboxylic acids is 1. The van der Waals surface area contributed by atoms with Gasteiger partial charge in [-0.3, -0.25) is 0 Å². The molecule has 0 aliphatic heterocycles. The van der Waals surface area contributed by atoms with E-state index >= 15 is 0 Å². The van der Waals surface area contributed by atoms with Gasteiger partial charge in [0, 0.05) is 12.0 Å². The molecule has 0 saturated heterocycles. The molecule has 0 saturated carbocycles. The van der Waals surface area contributed by atoms with Crippen molar-refractivity contribution in [1.82, 2.24) is 0 Å². The molecule has 1 aromatic carbocycles. The van der Waals surface area contributed by atoms with Gasteiger partial charge in [-0.25, -0.2) is 13.6 Å². The van der Waals surface area contributed by atoms with Crippen LogP contribution in [0.3, 0.4) is 0 Å². The highest BCUT2D eigenvalue weighted by molar-refractivity contribution is 9.10. The lowest BCUT2D eigenvalue weighted by Crippen LogP contribution is -2.25. The van der Waals surface area contributed by atoms with Gasteiger partial charge in [-0.1, -0.05) is 0 Å². The number of aliphatic hydroxyl groups excluding tert-OH is 1. The van der Waals surface area contributed by atoms with Crippen molar-refractivity contribution in [2.24, 2.45) is 0 Å². The van der Waals surface area contributed by atoms with E-state index < -0.39 is 30.1 Å². The Labute approximate surface area is 99.2 Å². The molecule has 3 nitrogen and oxygen atoms in total. The van der Waals surface area contributed by atoms with Crippen molar-refractivity contribution in [2.45, 2.75) is 12.5 Å². The minimum atomic E-state index is -1.58. The van der Waals surface area contributed by atoms with E-state index in [4.69, 9.17) is 0 Å². The zero-order valence-corrected chi connectivity index (χ0v) is 9.92. The lowest BCUT2D eigenvalue weighted by Gasteiger charge is -2.10. The second-order valence-electron chi connectivity index (χ2n) is 3.06. The normalized spacial score (nSPS) is 12.3. The van der Waals surface area contributed by atoms with Gasteiger partial charge in [0.25, 0.3) is 0 Å². The van der Waals surface area contributed by atoms with E-state index in [1.165, 1.54) is 6.07 Å². The average molecular weight is 295 g/mol. The first-order valence-electron chi connectivity index (χ1n) is 4.35. The molecule has 0 aliphatic rings. The predicted molar refractivity (Wildman–Crippen MR) is 55.8 cm³/mol. The van der Waals surface area contributed by atoms with Gasteiger partial charge in [0.2, 0.25) is 0 Å². The summed E-state index contributed by atoms with van der Waals surface area (Å²) in [5.74, 6) is -2.58. The van der Waals surface area contributed by atoms with Gasteiger partial charge in [-0.2, -0.15) is 0 Å². The molecule has 1 aromatic rings. The monoisotopic (exact) mass is 294 g/mol. The first-order chi connectivity index (χ1) is 7.47. The van der Waals surface area contributed by atoms with Gasteiger partial charge in [0.15, 0.2) is 6.10 Å². The number of hydrogen-bond acceptors (Lipinski definition) is 3. The summed E-state index contributed by atoms with van der Waals surface area (Å²) < 4.78 is 31.0. The van der Waals surface area contributed by atoms with Crippen molar-refractivity contribution in [2.75, 3.05) is 7.11 Å². The van der Waals surface area contributed by atoms with Crippen LogP contribution in [-0.4, -0.2) is 24.3 Å². The maximum atomic E-state index is 13.4. The Balaban J connectivity index is 2.97. The summed E-state index contributed by atoms with van der Waals surface area (Å²) in [5, 5.41) is 9.29. The third kappa shape index (κ3) is 2.76. The molecule has 16 heavy (non-hydrogen) atoms. The van der Waals surface area contributed by atoms with E-state index in [0.29, 0.717) is 0 Å². The van der Waals surface area contributed by atoms with E-state index in [2.05, 4.69) is 20.7 Å². The van der Waals surface area contributed by atoms with E-state index in [9.17, 15) is 18.7 Å². The van der Waals surface area contributed by atoms with Crippen molar-refractivity contribution in [3.05, 3.63) is 33.8 Å². The van der Waals surface area contributed by atoms with Crippen LogP contribution in [0.1, 0.15) is 5.56 Å². The lowest BCUT2D eigenvalue weighted by molar-refractivity contribution is -0.150. The number of methoxy groups -OCH3 is 1. The molecule has 1 atom stereocenters. The lowest BCUT2D eigenvalue weighted by atomic mass is 10.1. The number of rotatable bonds is 3. The molecule has 1 unspecified atom stereocenters. The fourth-order valence-electron chi connectivity index (χ4n) is 1.17. The van der Waals surface area contributed by atoms with Crippen LogP contribution in [0.5, 0.6) is 0 Å². The average Bonchev–Trinajstić information content (AvgIpc) is 2.28. The molecule has 1 rings (SSSR count). The summed E-state index contributed by atoms with van der Waals surface area (Å²) >= 11 is 2.88. The van der Waals surface area contributed by atoms with E-state index in [1.807, 2.05) is 0 Å². The zero-order chi connectivity index (χ0) is 12.3. The highest BCUT2D eigenvalue weighted by atomic mass is 79.9. The second kappa shape index (κ2) is 5.36. The van der Waals surface area contributed by atoms with Crippen molar-refractivity contribution in [3.8, 4) is 0 Å². The zero-order valence-electron chi connectivity index (χ0n) is 8.34. The van der Waals surface area contributed by atoms with Crippen LogP contribution in [0.25, 0.3) is 0 Å². The van der Waals surface area contributed by atoms with E-state index in [-0.39, 0.29) is 10.0 Å². The number of aliphatic hydroxyl groups is 1. The molecule has 0 bridgehead atoms. The number of esters is 1. The highest BCUT2D eigenvalue weighted by Gasteiger charge is 2.21. The van der Waals surface area contributed by atoms with Gasteiger partial charge in [-0.15, -0.1) is 0 Å². The standard InChI is InChI=1S/C10H9BrF2O3/c1-16-10(15)8(14)4-5-7(12)3-2-6(11)9(5)13/h2-3,8,14H,4H2,1H3. The van der Waals surface area contributed by atoms with Crippen LogP contribution in [0.2, 0.25) is 0 Å². The first kappa shape index (κ1) is 13.1. The Kier molecular flexibility index (Phi) is 4.37. The molecule has 0 amide bonds. The molecule has 6 heteroatoms. The molecule has 88 valence electrons. The van der Waals surface area contributed by atoms with Crippen LogP contribution in [0, 0.1) is 11.6 Å². The van der Waals surface area contributed by atoms with Crippen molar-refractivity contribution < 1.29 is 23.4 Å². The van der Waals surface area contributed by atoms with Gasteiger partial charge in [0.1, 0.15) is 11.6 Å². The number of hydrogen-bond donors (Lipinski definition) is 1. The van der Waals surface area contributed by atoms with E-state index in [1.54, 1.807) is 0 Å². The molecule has 0 aliphatic carbocycles. The van der Waals surface area contributed by atoms with Crippen LogP contribution in [0.15, 0.2) is 16.6 Å². The van der Waals surface area contributed by atoms with Crippen LogP contribution in [0.4, 0.5) is 8.78 Å². The fraction of sp³-hybridized carbons (Fsp3) is 0.300. The van der Waals surface area contributed by atoms with E-state index in [0.717, 1.165) is 13.2 Å². The highest BCUT2D eigenvalue weighted by Crippen LogP contribution is 2.22. The third-order valence-corrected chi connectivity index (χ3v) is 2.62. The summed E-state index contributed by atoms with van der Waals surface area (Å²) in [5.41, 5.74) is -0.354. The summed E-state index contributed by atoms with van der Waals surface area (Å²) in [7, 11) is 1.08. The first-order valence-corrected chi connectivity index (χ1v) is 5.15.